The summed E-state index contributed by atoms with van der Waals surface area (Å²) < 4.78 is 24.8. The molecule has 26 heavy (non-hydrogen) atoms. The molecule has 1 aliphatic heterocycles. The van der Waals surface area contributed by atoms with Crippen molar-refractivity contribution in [3.63, 3.8) is 0 Å². The summed E-state index contributed by atoms with van der Waals surface area (Å²) in [6.07, 6.45) is 0. The predicted molar refractivity (Wildman–Crippen MR) is 101 cm³/mol. The maximum Gasteiger partial charge on any atom is 0.238 e. The van der Waals surface area contributed by atoms with Crippen molar-refractivity contribution in [2.24, 2.45) is 0 Å². The molecule has 0 radical (unpaired) electrons. The molecule has 2 aromatic rings. The second-order valence-electron chi connectivity index (χ2n) is 5.96. The van der Waals surface area contributed by atoms with E-state index in [0.29, 0.717) is 48.0 Å². The molecule has 0 bridgehead atoms. The van der Waals surface area contributed by atoms with E-state index in [0.717, 1.165) is 5.56 Å². The van der Waals surface area contributed by atoms with Gasteiger partial charge >= 0.3 is 0 Å². The monoisotopic (exact) mass is 422 g/mol. The van der Waals surface area contributed by atoms with Crippen LogP contribution in [0.4, 0.5) is 10.1 Å². The van der Waals surface area contributed by atoms with Crippen LogP contribution in [0.15, 0.2) is 40.9 Å². The molecule has 138 valence electrons. The van der Waals surface area contributed by atoms with Gasteiger partial charge in [0.2, 0.25) is 5.91 Å². The van der Waals surface area contributed by atoms with Crippen molar-refractivity contribution < 1.29 is 18.7 Å². The SMILES string of the molecule is CCN(CC(=O)Nc1ccc2c(c1)OCCO2)Cc1ccc(F)c(Br)c1. The van der Waals surface area contributed by atoms with Crippen LogP contribution in [0, 0.1) is 5.82 Å². The highest BCUT2D eigenvalue weighted by molar-refractivity contribution is 9.10. The number of fused-ring (bicyclic) bond motifs is 1. The number of carbonyl (C=O) groups excluding carboxylic acids is 1. The molecule has 3 rings (SSSR count). The molecule has 1 aliphatic rings. The van der Waals surface area contributed by atoms with Gasteiger partial charge in [-0.15, -0.1) is 0 Å². The Balaban J connectivity index is 1.59. The summed E-state index contributed by atoms with van der Waals surface area (Å²) in [5.74, 6) is 0.904. The Hall–Kier alpha value is -2.12. The topological polar surface area (TPSA) is 50.8 Å². The average Bonchev–Trinajstić information content (AvgIpc) is 2.64. The molecular formula is C19H20BrFN2O3. The van der Waals surface area contributed by atoms with Crippen LogP contribution < -0.4 is 14.8 Å². The quantitative estimate of drug-likeness (QED) is 0.768. The average molecular weight is 423 g/mol. The third kappa shape index (κ3) is 4.74. The zero-order valence-electron chi connectivity index (χ0n) is 14.4. The van der Waals surface area contributed by atoms with Crippen LogP contribution >= 0.6 is 15.9 Å². The molecule has 0 fully saturated rings. The highest BCUT2D eigenvalue weighted by Gasteiger charge is 2.14. The fourth-order valence-electron chi connectivity index (χ4n) is 2.70. The zero-order valence-corrected chi connectivity index (χ0v) is 16.0. The Kier molecular flexibility index (Phi) is 6.11. The Morgan fingerprint density at radius 3 is 2.69 bits per heavy atom. The maximum atomic E-state index is 13.3. The number of ether oxygens (including phenoxy) is 2. The van der Waals surface area contributed by atoms with Gasteiger partial charge in [-0.2, -0.15) is 0 Å². The van der Waals surface area contributed by atoms with Gasteiger partial charge in [-0.05, 0) is 52.3 Å². The number of hydrogen-bond acceptors (Lipinski definition) is 4. The molecule has 0 atom stereocenters. The molecule has 1 amide bonds. The predicted octanol–water partition coefficient (Wildman–Crippen LogP) is 3.82. The van der Waals surface area contributed by atoms with Crippen LogP contribution in [0.3, 0.4) is 0 Å². The number of rotatable bonds is 6. The van der Waals surface area contributed by atoms with Crippen molar-refractivity contribution in [3.8, 4) is 11.5 Å². The summed E-state index contributed by atoms with van der Waals surface area (Å²) >= 11 is 3.19. The smallest absolute Gasteiger partial charge is 0.238 e. The summed E-state index contributed by atoms with van der Waals surface area (Å²) in [5, 5.41) is 2.88. The minimum atomic E-state index is -0.298. The summed E-state index contributed by atoms with van der Waals surface area (Å²) in [7, 11) is 0. The van der Waals surface area contributed by atoms with Crippen LogP contribution in [0.5, 0.6) is 11.5 Å². The van der Waals surface area contributed by atoms with Gasteiger partial charge in [0.05, 0.1) is 11.0 Å². The third-order valence-corrected chi connectivity index (χ3v) is 4.64. The Labute approximate surface area is 160 Å². The van der Waals surface area contributed by atoms with Crippen molar-refractivity contribution >= 4 is 27.5 Å². The normalized spacial score (nSPS) is 12.9. The van der Waals surface area contributed by atoms with E-state index in [-0.39, 0.29) is 18.3 Å². The first-order valence-electron chi connectivity index (χ1n) is 8.41. The lowest BCUT2D eigenvalue weighted by molar-refractivity contribution is -0.117. The number of amides is 1. The molecule has 1 N–H and O–H groups in total. The second kappa shape index (κ2) is 8.51. The molecule has 7 heteroatoms. The lowest BCUT2D eigenvalue weighted by atomic mass is 10.2. The first-order valence-corrected chi connectivity index (χ1v) is 9.20. The number of benzene rings is 2. The molecule has 0 spiro atoms. The lowest BCUT2D eigenvalue weighted by Crippen LogP contribution is -2.32. The zero-order chi connectivity index (χ0) is 18.5. The number of likely N-dealkylation sites (N-methyl/N-ethyl adjacent to an activating group) is 1. The Morgan fingerprint density at radius 2 is 1.96 bits per heavy atom. The van der Waals surface area contributed by atoms with E-state index in [4.69, 9.17) is 9.47 Å². The van der Waals surface area contributed by atoms with Crippen molar-refractivity contribution in [2.75, 3.05) is 31.6 Å². The number of anilines is 1. The number of nitrogens with one attached hydrogen (secondary N) is 1. The van der Waals surface area contributed by atoms with Gasteiger partial charge in [-0.25, -0.2) is 4.39 Å². The van der Waals surface area contributed by atoms with E-state index in [1.807, 2.05) is 11.8 Å². The van der Waals surface area contributed by atoms with E-state index >= 15 is 0 Å². The molecule has 1 heterocycles. The molecule has 0 saturated carbocycles. The summed E-state index contributed by atoms with van der Waals surface area (Å²) in [6.45, 7) is 4.51. The second-order valence-corrected chi connectivity index (χ2v) is 6.81. The van der Waals surface area contributed by atoms with Crippen LogP contribution in [0.2, 0.25) is 0 Å². The number of nitrogens with zero attached hydrogens (tertiary/aromatic N) is 1. The van der Waals surface area contributed by atoms with Gasteiger partial charge < -0.3 is 14.8 Å². The molecule has 0 aliphatic carbocycles. The van der Waals surface area contributed by atoms with Crippen LogP contribution in [-0.2, 0) is 11.3 Å². The van der Waals surface area contributed by atoms with Crippen LogP contribution in [0.25, 0.3) is 0 Å². The highest BCUT2D eigenvalue weighted by Crippen LogP contribution is 2.32. The molecule has 2 aromatic carbocycles. The van der Waals surface area contributed by atoms with Gasteiger partial charge in [0.1, 0.15) is 19.0 Å². The molecule has 0 saturated heterocycles. The molecule has 0 aromatic heterocycles. The van der Waals surface area contributed by atoms with E-state index < -0.39 is 0 Å². The Bertz CT molecular complexity index is 800. The summed E-state index contributed by atoms with van der Waals surface area (Å²) in [5.41, 5.74) is 1.60. The van der Waals surface area contributed by atoms with E-state index in [1.165, 1.54) is 6.07 Å². The molecule has 5 nitrogen and oxygen atoms in total. The fraction of sp³-hybridized carbons (Fsp3) is 0.316. The Morgan fingerprint density at radius 1 is 1.19 bits per heavy atom. The van der Waals surface area contributed by atoms with Gasteiger partial charge in [0.15, 0.2) is 11.5 Å². The van der Waals surface area contributed by atoms with Crippen molar-refractivity contribution in [1.82, 2.24) is 4.90 Å². The van der Waals surface area contributed by atoms with Gasteiger partial charge in [0.25, 0.3) is 0 Å². The van der Waals surface area contributed by atoms with Gasteiger partial charge in [-0.1, -0.05) is 13.0 Å². The van der Waals surface area contributed by atoms with E-state index in [9.17, 15) is 9.18 Å². The van der Waals surface area contributed by atoms with E-state index in [2.05, 4.69) is 21.2 Å². The number of halogens is 2. The summed E-state index contributed by atoms with van der Waals surface area (Å²) in [4.78, 5) is 14.3. The lowest BCUT2D eigenvalue weighted by Gasteiger charge is -2.21. The summed E-state index contributed by atoms with van der Waals surface area (Å²) in [6, 6.07) is 10.2. The minimum Gasteiger partial charge on any atom is -0.486 e. The number of carbonyl (C=O) groups is 1. The van der Waals surface area contributed by atoms with E-state index in [1.54, 1.807) is 30.3 Å². The fourth-order valence-corrected chi connectivity index (χ4v) is 3.13. The van der Waals surface area contributed by atoms with Crippen LogP contribution in [0.1, 0.15) is 12.5 Å². The van der Waals surface area contributed by atoms with Crippen molar-refractivity contribution in [2.45, 2.75) is 13.5 Å². The molecular weight excluding hydrogens is 403 g/mol. The van der Waals surface area contributed by atoms with Crippen LogP contribution in [-0.4, -0.2) is 37.1 Å². The maximum absolute atomic E-state index is 13.3. The highest BCUT2D eigenvalue weighted by atomic mass is 79.9. The van der Waals surface area contributed by atoms with Gasteiger partial charge in [0, 0.05) is 18.3 Å². The first-order chi connectivity index (χ1) is 12.5. The van der Waals surface area contributed by atoms with Crippen molar-refractivity contribution in [1.29, 1.82) is 0 Å². The third-order valence-electron chi connectivity index (χ3n) is 4.03. The standard InChI is InChI=1S/C19H20BrFN2O3/c1-2-23(11-13-3-5-16(21)15(20)9-13)12-19(24)22-14-4-6-17-18(10-14)26-8-7-25-17/h3-6,9-10H,2,7-8,11-12H2,1H3,(H,22,24). The largest absolute Gasteiger partial charge is 0.486 e. The van der Waals surface area contributed by atoms with Gasteiger partial charge in [-0.3, -0.25) is 9.69 Å². The minimum absolute atomic E-state index is 0.121. The van der Waals surface area contributed by atoms with Crippen molar-refractivity contribution in [3.05, 3.63) is 52.3 Å². The molecule has 0 unspecified atom stereocenters. The number of hydrogen-bond donors (Lipinski definition) is 1. The first kappa shape index (κ1) is 18.7.